The van der Waals surface area contributed by atoms with E-state index >= 15 is 0 Å². The van der Waals surface area contributed by atoms with E-state index in [0.29, 0.717) is 24.4 Å². The van der Waals surface area contributed by atoms with E-state index < -0.39 is 10.0 Å². The molecule has 7 heteroatoms. The number of aliphatic hydroxyl groups excluding tert-OH is 1. The second-order valence-electron chi connectivity index (χ2n) is 5.63. The van der Waals surface area contributed by atoms with E-state index in [1.54, 1.807) is 12.1 Å². The molecule has 0 bridgehead atoms. The number of hydrogen-bond donors (Lipinski definition) is 3. The van der Waals surface area contributed by atoms with Crippen molar-refractivity contribution in [3.8, 4) is 5.75 Å². The highest BCUT2D eigenvalue weighted by atomic mass is 32.2. The van der Waals surface area contributed by atoms with Crippen LogP contribution in [0.25, 0.3) is 0 Å². The quantitative estimate of drug-likeness (QED) is 0.760. The van der Waals surface area contributed by atoms with E-state index in [4.69, 9.17) is 9.84 Å². The van der Waals surface area contributed by atoms with Crippen LogP contribution in [-0.4, -0.2) is 39.3 Å². The summed E-state index contributed by atoms with van der Waals surface area (Å²) in [6.07, 6.45) is 0.559. The van der Waals surface area contributed by atoms with E-state index in [1.165, 1.54) is 6.07 Å². The fourth-order valence-corrected chi connectivity index (χ4v) is 4.01. The van der Waals surface area contributed by atoms with E-state index in [0.717, 1.165) is 5.56 Å². The Labute approximate surface area is 141 Å². The molecule has 128 valence electrons. The van der Waals surface area contributed by atoms with Crippen LogP contribution in [0.15, 0.2) is 53.4 Å². The third-order valence-corrected chi connectivity index (χ3v) is 5.32. The maximum absolute atomic E-state index is 12.6. The van der Waals surface area contributed by atoms with E-state index in [-0.39, 0.29) is 24.2 Å². The lowest BCUT2D eigenvalue weighted by molar-refractivity contribution is 0.279. The van der Waals surface area contributed by atoms with Gasteiger partial charge >= 0.3 is 0 Å². The second kappa shape index (κ2) is 7.21. The fraction of sp³-hybridized carbons (Fsp3) is 0.294. The number of ether oxygens (including phenoxy) is 1. The summed E-state index contributed by atoms with van der Waals surface area (Å²) in [5, 5.41) is 11.9. The first-order chi connectivity index (χ1) is 11.6. The van der Waals surface area contributed by atoms with Crippen LogP contribution in [-0.2, 0) is 16.4 Å². The van der Waals surface area contributed by atoms with Crippen LogP contribution in [0.3, 0.4) is 0 Å². The molecule has 0 saturated heterocycles. The zero-order valence-electron chi connectivity index (χ0n) is 13.1. The molecule has 1 aliphatic heterocycles. The summed E-state index contributed by atoms with van der Waals surface area (Å²) < 4.78 is 33.6. The number of fused-ring (bicyclic) bond motifs is 1. The van der Waals surface area contributed by atoms with Gasteiger partial charge in [0.2, 0.25) is 10.0 Å². The van der Waals surface area contributed by atoms with Crippen molar-refractivity contribution < 1.29 is 18.3 Å². The summed E-state index contributed by atoms with van der Waals surface area (Å²) in [5.41, 5.74) is 1.75. The number of benzene rings is 2. The van der Waals surface area contributed by atoms with Crippen molar-refractivity contribution in [2.75, 3.05) is 25.1 Å². The Kier molecular flexibility index (Phi) is 5.03. The van der Waals surface area contributed by atoms with E-state index in [1.807, 2.05) is 30.3 Å². The Morgan fingerprint density at radius 1 is 1.21 bits per heavy atom. The predicted octanol–water partition coefficient (Wildman–Crippen LogP) is 1.37. The smallest absolute Gasteiger partial charge is 0.244 e. The lowest BCUT2D eigenvalue weighted by Gasteiger charge is -2.14. The summed E-state index contributed by atoms with van der Waals surface area (Å²) >= 11 is 0. The standard InChI is InChI=1S/C17H20N2O4S/c20-9-8-18-14-6-7-17-16(11-14)23-12-15(19-24(17,21)22)10-13-4-2-1-3-5-13/h1-7,11,15,18-20H,8-10,12H2/t15-/m1/s1. The SMILES string of the molecule is O=S1(=O)N[C@H](Cc2ccccc2)COc2cc(NCCO)ccc21. The molecule has 1 aliphatic rings. The van der Waals surface area contributed by atoms with Gasteiger partial charge in [-0.15, -0.1) is 0 Å². The molecule has 0 aromatic heterocycles. The number of sulfonamides is 1. The molecule has 0 radical (unpaired) electrons. The van der Waals surface area contributed by atoms with Gasteiger partial charge in [-0.2, -0.15) is 0 Å². The van der Waals surface area contributed by atoms with Crippen molar-refractivity contribution >= 4 is 15.7 Å². The molecule has 0 spiro atoms. The maximum Gasteiger partial charge on any atom is 0.244 e. The molecule has 0 fully saturated rings. The number of nitrogens with one attached hydrogen (secondary N) is 2. The first-order valence-electron chi connectivity index (χ1n) is 7.76. The third-order valence-electron chi connectivity index (χ3n) is 3.76. The van der Waals surface area contributed by atoms with Gasteiger partial charge in [-0.1, -0.05) is 30.3 Å². The maximum atomic E-state index is 12.6. The minimum Gasteiger partial charge on any atom is -0.490 e. The van der Waals surface area contributed by atoms with Crippen LogP contribution in [0.2, 0.25) is 0 Å². The monoisotopic (exact) mass is 348 g/mol. The first kappa shape index (κ1) is 16.8. The average molecular weight is 348 g/mol. The molecule has 0 saturated carbocycles. The molecule has 3 N–H and O–H groups in total. The van der Waals surface area contributed by atoms with Gasteiger partial charge in [-0.25, -0.2) is 13.1 Å². The molecule has 0 unspecified atom stereocenters. The van der Waals surface area contributed by atoms with Crippen molar-refractivity contribution in [3.05, 3.63) is 54.1 Å². The van der Waals surface area contributed by atoms with Gasteiger partial charge < -0.3 is 15.2 Å². The average Bonchev–Trinajstić information content (AvgIpc) is 2.70. The third kappa shape index (κ3) is 3.87. The number of aliphatic hydroxyl groups is 1. The van der Waals surface area contributed by atoms with Crippen molar-refractivity contribution in [3.63, 3.8) is 0 Å². The fourth-order valence-electron chi connectivity index (χ4n) is 2.66. The Morgan fingerprint density at radius 3 is 2.75 bits per heavy atom. The molecule has 0 aliphatic carbocycles. The molecular weight excluding hydrogens is 328 g/mol. The first-order valence-corrected chi connectivity index (χ1v) is 9.24. The molecule has 6 nitrogen and oxygen atoms in total. The Hall–Kier alpha value is -2.09. The summed E-state index contributed by atoms with van der Waals surface area (Å²) in [5.74, 6) is 0.320. The van der Waals surface area contributed by atoms with Crippen LogP contribution < -0.4 is 14.8 Å². The van der Waals surface area contributed by atoms with Crippen LogP contribution in [0, 0.1) is 0 Å². The summed E-state index contributed by atoms with van der Waals surface area (Å²) in [6.45, 7) is 0.641. The number of rotatable bonds is 5. The van der Waals surface area contributed by atoms with Crippen molar-refractivity contribution in [1.82, 2.24) is 4.72 Å². The summed E-state index contributed by atoms with van der Waals surface area (Å²) in [4.78, 5) is 0.132. The lowest BCUT2D eigenvalue weighted by Crippen LogP contribution is -2.38. The van der Waals surface area contributed by atoms with Crippen molar-refractivity contribution in [1.29, 1.82) is 0 Å². The molecule has 3 rings (SSSR count). The minimum atomic E-state index is -3.64. The summed E-state index contributed by atoms with van der Waals surface area (Å²) in [6, 6.07) is 14.2. The Bertz CT molecular complexity index is 793. The minimum absolute atomic E-state index is 0.00303. The van der Waals surface area contributed by atoms with Crippen LogP contribution in [0.4, 0.5) is 5.69 Å². The topological polar surface area (TPSA) is 87.7 Å². The largest absolute Gasteiger partial charge is 0.490 e. The highest BCUT2D eigenvalue weighted by Gasteiger charge is 2.28. The Morgan fingerprint density at radius 2 is 2.00 bits per heavy atom. The van der Waals surface area contributed by atoms with Gasteiger partial charge in [0.25, 0.3) is 0 Å². The molecular formula is C17H20N2O4S. The molecule has 2 aromatic rings. The molecule has 0 amide bonds. The highest BCUT2D eigenvalue weighted by molar-refractivity contribution is 7.89. The molecule has 1 atom stereocenters. The van der Waals surface area contributed by atoms with Gasteiger partial charge in [-0.3, -0.25) is 0 Å². The molecule has 24 heavy (non-hydrogen) atoms. The zero-order chi connectivity index (χ0) is 17.0. The summed E-state index contributed by atoms with van der Waals surface area (Å²) in [7, 11) is -3.64. The van der Waals surface area contributed by atoms with E-state index in [2.05, 4.69) is 10.0 Å². The van der Waals surface area contributed by atoms with Gasteiger partial charge in [-0.05, 0) is 24.1 Å². The van der Waals surface area contributed by atoms with Crippen LogP contribution >= 0.6 is 0 Å². The molecule has 2 aromatic carbocycles. The van der Waals surface area contributed by atoms with Gasteiger partial charge in [0.15, 0.2) is 0 Å². The Balaban J connectivity index is 1.81. The van der Waals surface area contributed by atoms with Crippen molar-refractivity contribution in [2.24, 2.45) is 0 Å². The van der Waals surface area contributed by atoms with Crippen LogP contribution in [0.5, 0.6) is 5.75 Å². The molecule has 1 heterocycles. The zero-order valence-corrected chi connectivity index (χ0v) is 13.9. The van der Waals surface area contributed by atoms with Crippen molar-refractivity contribution in [2.45, 2.75) is 17.4 Å². The highest BCUT2D eigenvalue weighted by Crippen LogP contribution is 2.30. The van der Waals surface area contributed by atoms with Crippen LogP contribution in [0.1, 0.15) is 5.56 Å². The van der Waals surface area contributed by atoms with Gasteiger partial charge in [0, 0.05) is 18.3 Å². The number of hydrogen-bond acceptors (Lipinski definition) is 5. The van der Waals surface area contributed by atoms with Gasteiger partial charge in [0.1, 0.15) is 17.3 Å². The lowest BCUT2D eigenvalue weighted by atomic mass is 10.1. The number of anilines is 1. The predicted molar refractivity (Wildman–Crippen MR) is 91.8 cm³/mol. The second-order valence-corrected chi connectivity index (χ2v) is 7.31. The van der Waals surface area contributed by atoms with E-state index in [9.17, 15) is 8.42 Å². The van der Waals surface area contributed by atoms with Gasteiger partial charge in [0.05, 0.1) is 12.6 Å². The normalized spacial score (nSPS) is 19.0.